The number of benzene rings is 1. The normalized spacial score (nSPS) is 11.7. The zero-order valence-electron chi connectivity index (χ0n) is 12.2. The Morgan fingerprint density at radius 3 is 2.48 bits per heavy atom. The number of fused-ring (bicyclic) bond motifs is 1. The molecule has 0 aliphatic rings. The van der Waals surface area contributed by atoms with Crippen molar-refractivity contribution in [3.63, 3.8) is 0 Å². The fourth-order valence-corrected chi connectivity index (χ4v) is 2.25. The maximum Gasteiger partial charge on any atom is 0.573 e. The highest BCUT2D eigenvalue weighted by Gasteiger charge is 2.30. The van der Waals surface area contributed by atoms with Crippen molar-refractivity contribution in [1.29, 1.82) is 0 Å². The minimum atomic E-state index is -4.71. The van der Waals surface area contributed by atoms with Gasteiger partial charge in [-0.3, -0.25) is 4.68 Å². The van der Waals surface area contributed by atoms with Gasteiger partial charge in [-0.05, 0) is 31.2 Å². The van der Waals surface area contributed by atoms with Gasteiger partial charge in [-0.1, -0.05) is 0 Å². The molecule has 0 saturated heterocycles. The van der Waals surface area contributed by atoms with Gasteiger partial charge in [-0.2, -0.15) is 5.10 Å². The minimum Gasteiger partial charge on any atom is -0.406 e. The average molecular weight is 323 g/mol. The van der Waals surface area contributed by atoms with Gasteiger partial charge in [0.15, 0.2) is 5.65 Å². The number of rotatable bonds is 3. The summed E-state index contributed by atoms with van der Waals surface area (Å²) in [7, 11) is 1.77. The Labute approximate surface area is 128 Å². The molecular formula is C14H12F3N5O. The predicted molar refractivity (Wildman–Crippen MR) is 77.4 cm³/mol. The standard InChI is InChI=1S/C14H12F3N5O/c1-8-11-12(18-7-19-13(11)22(2)21-8)20-9-3-5-10(6-4-9)23-14(15,16)17/h3-7H,1-2H3,(H,18,19,20). The van der Waals surface area contributed by atoms with Gasteiger partial charge in [0.2, 0.25) is 0 Å². The van der Waals surface area contributed by atoms with Crippen LogP contribution in [0.1, 0.15) is 5.69 Å². The number of aromatic nitrogens is 4. The second-order valence-electron chi connectivity index (χ2n) is 4.83. The van der Waals surface area contributed by atoms with Gasteiger partial charge in [0, 0.05) is 12.7 Å². The first-order valence-corrected chi connectivity index (χ1v) is 6.60. The number of ether oxygens (including phenoxy) is 1. The number of hydrogen-bond donors (Lipinski definition) is 1. The summed E-state index contributed by atoms with van der Waals surface area (Å²) in [5.41, 5.74) is 1.99. The third-order valence-corrected chi connectivity index (χ3v) is 3.15. The number of aryl methyl sites for hydroxylation is 2. The van der Waals surface area contributed by atoms with Crippen molar-refractivity contribution < 1.29 is 17.9 Å². The van der Waals surface area contributed by atoms with Crippen molar-refractivity contribution in [1.82, 2.24) is 19.7 Å². The molecule has 1 N–H and O–H groups in total. The zero-order valence-corrected chi connectivity index (χ0v) is 12.2. The number of alkyl halides is 3. The number of nitrogens with one attached hydrogen (secondary N) is 1. The Kier molecular flexibility index (Phi) is 3.55. The van der Waals surface area contributed by atoms with E-state index in [1.165, 1.54) is 30.6 Å². The van der Waals surface area contributed by atoms with Crippen molar-refractivity contribution in [3.8, 4) is 5.75 Å². The topological polar surface area (TPSA) is 64.9 Å². The molecule has 0 aliphatic carbocycles. The smallest absolute Gasteiger partial charge is 0.406 e. The molecule has 23 heavy (non-hydrogen) atoms. The lowest BCUT2D eigenvalue weighted by Crippen LogP contribution is -2.16. The van der Waals surface area contributed by atoms with Crippen LogP contribution in [0, 0.1) is 6.92 Å². The highest BCUT2D eigenvalue weighted by Crippen LogP contribution is 2.28. The van der Waals surface area contributed by atoms with Gasteiger partial charge in [0.25, 0.3) is 0 Å². The molecule has 0 atom stereocenters. The first-order chi connectivity index (χ1) is 10.8. The quantitative estimate of drug-likeness (QED) is 0.801. The van der Waals surface area contributed by atoms with Crippen LogP contribution >= 0.6 is 0 Å². The Balaban J connectivity index is 1.88. The van der Waals surface area contributed by atoms with Crippen molar-refractivity contribution in [2.75, 3.05) is 5.32 Å². The van der Waals surface area contributed by atoms with Crippen LogP contribution < -0.4 is 10.1 Å². The lowest BCUT2D eigenvalue weighted by molar-refractivity contribution is -0.274. The van der Waals surface area contributed by atoms with E-state index in [2.05, 4.69) is 25.1 Å². The number of hydrogen-bond acceptors (Lipinski definition) is 5. The van der Waals surface area contributed by atoms with Gasteiger partial charge in [-0.25, -0.2) is 9.97 Å². The highest BCUT2D eigenvalue weighted by atomic mass is 19.4. The molecule has 0 amide bonds. The Morgan fingerprint density at radius 2 is 1.83 bits per heavy atom. The summed E-state index contributed by atoms with van der Waals surface area (Å²) in [5, 5.41) is 8.08. The number of nitrogens with zero attached hydrogens (tertiary/aromatic N) is 4. The molecule has 3 aromatic rings. The van der Waals surface area contributed by atoms with Crippen LogP contribution in [0.2, 0.25) is 0 Å². The van der Waals surface area contributed by atoms with Crippen molar-refractivity contribution in [3.05, 3.63) is 36.3 Å². The molecule has 0 radical (unpaired) electrons. The van der Waals surface area contributed by atoms with Gasteiger partial charge in [0.1, 0.15) is 17.9 Å². The first-order valence-electron chi connectivity index (χ1n) is 6.60. The number of anilines is 2. The summed E-state index contributed by atoms with van der Waals surface area (Å²) in [6.45, 7) is 1.83. The first kappa shape index (κ1) is 15.1. The molecule has 0 unspecified atom stereocenters. The fraction of sp³-hybridized carbons (Fsp3) is 0.214. The zero-order chi connectivity index (χ0) is 16.6. The van der Waals surface area contributed by atoms with E-state index in [9.17, 15) is 13.2 Å². The molecule has 2 heterocycles. The van der Waals surface area contributed by atoms with E-state index < -0.39 is 6.36 Å². The van der Waals surface area contributed by atoms with Gasteiger partial charge >= 0.3 is 6.36 Å². The highest BCUT2D eigenvalue weighted by molar-refractivity contribution is 5.90. The summed E-state index contributed by atoms with van der Waals surface area (Å²) in [4.78, 5) is 8.33. The molecule has 1 aromatic carbocycles. The summed E-state index contributed by atoms with van der Waals surface area (Å²) < 4.78 is 41.9. The van der Waals surface area contributed by atoms with E-state index in [1.807, 2.05) is 6.92 Å². The predicted octanol–water partition coefficient (Wildman–Crippen LogP) is 3.31. The van der Waals surface area contributed by atoms with Crippen LogP contribution in [0.3, 0.4) is 0 Å². The second-order valence-corrected chi connectivity index (χ2v) is 4.83. The minimum absolute atomic E-state index is 0.284. The number of halogens is 3. The summed E-state index contributed by atoms with van der Waals surface area (Å²) in [6, 6.07) is 5.40. The van der Waals surface area contributed by atoms with Crippen molar-refractivity contribution in [2.45, 2.75) is 13.3 Å². The van der Waals surface area contributed by atoms with Crippen LogP contribution in [0.4, 0.5) is 24.7 Å². The monoisotopic (exact) mass is 323 g/mol. The molecule has 0 fully saturated rings. The molecule has 120 valence electrons. The molecule has 6 nitrogen and oxygen atoms in total. The van der Waals surface area contributed by atoms with E-state index in [4.69, 9.17) is 0 Å². The van der Waals surface area contributed by atoms with E-state index in [0.717, 1.165) is 11.1 Å². The largest absolute Gasteiger partial charge is 0.573 e. The summed E-state index contributed by atoms with van der Waals surface area (Å²) in [6.07, 6.45) is -3.31. The molecule has 9 heteroatoms. The molecule has 0 spiro atoms. The molecule has 0 saturated carbocycles. The van der Waals surface area contributed by atoms with Crippen LogP contribution in [0.15, 0.2) is 30.6 Å². The maximum absolute atomic E-state index is 12.1. The Bertz CT molecular complexity index is 842. The summed E-state index contributed by atoms with van der Waals surface area (Å²) >= 11 is 0. The average Bonchev–Trinajstić information content (AvgIpc) is 2.76. The van der Waals surface area contributed by atoms with Gasteiger partial charge < -0.3 is 10.1 Å². The fourth-order valence-electron chi connectivity index (χ4n) is 2.25. The van der Waals surface area contributed by atoms with E-state index >= 15 is 0 Å². The van der Waals surface area contributed by atoms with Gasteiger partial charge in [-0.15, -0.1) is 13.2 Å². The SMILES string of the molecule is Cc1nn(C)c2ncnc(Nc3ccc(OC(F)(F)F)cc3)c12. The lowest BCUT2D eigenvalue weighted by atomic mass is 10.2. The van der Waals surface area contributed by atoms with Crippen molar-refractivity contribution in [2.24, 2.45) is 7.05 Å². The van der Waals surface area contributed by atoms with Crippen LogP contribution in [-0.4, -0.2) is 26.1 Å². The molecule has 0 bridgehead atoms. The third kappa shape index (κ3) is 3.17. The van der Waals surface area contributed by atoms with Crippen LogP contribution in [0.25, 0.3) is 11.0 Å². The third-order valence-electron chi connectivity index (χ3n) is 3.15. The Morgan fingerprint density at radius 1 is 1.13 bits per heavy atom. The maximum atomic E-state index is 12.1. The Hall–Kier alpha value is -2.84. The van der Waals surface area contributed by atoms with Crippen LogP contribution in [0.5, 0.6) is 5.75 Å². The molecule has 2 aromatic heterocycles. The molecule has 3 rings (SSSR count). The van der Waals surface area contributed by atoms with Crippen molar-refractivity contribution >= 4 is 22.5 Å². The van der Waals surface area contributed by atoms with Crippen LogP contribution in [-0.2, 0) is 7.05 Å². The second kappa shape index (κ2) is 5.41. The van der Waals surface area contributed by atoms with Gasteiger partial charge in [0.05, 0.1) is 11.1 Å². The van der Waals surface area contributed by atoms with E-state index in [0.29, 0.717) is 17.2 Å². The molecular weight excluding hydrogens is 311 g/mol. The molecule has 0 aliphatic heterocycles. The lowest BCUT2D eigenvalue weighted by Gasteiger charge is -2.10. The van der Waals surface area contributed by atoms with E-state index in [-0.39, 0.29) is 5.75 Å². The summed E-state index contributed by atoms with van der Waals surface area (Å²) in [5.74, 6) is 0.249. The van der Waals surface area contributed by atoms with E-state index in [1.54, 1.807) is 11.7 Å².